The molecule has 0 aliphatic carbocycles. The van der Waals surface area contributed by atoms with Gasteiger partial charge in [0.25, 0.3) is 11.8 Å². The second-order valence-corrected chi connectivity index (χ2v) is 11.7. The zero-order chi connectivity index (χ0) is 36.2. The van der Waals surface area contributed by atoms with Gasteiger partial charge in [0.2, 0.25) is 23.6 Å². The first-order valence-corrected chi connectivity index (χ1v) is 16.5. The molecule has 270 valence electrons. The number of nitrogens with one attached hydrogen (secondary N) is 6. The first-order valence-electron chi connectivity index (χ1n) is 16.5. The number of nitrogens with zero attached hydrogens (tertiary/aromatic N) is 1. The van der Waals surface area contributed by atoms with Crippen LogP contribution in [0.25, 0.3) is 0 Å². The van der Waals surface area contributed by atoms with Gasteiger partial charge in [-0.05, 0) is 42.9 Å². The van der Waals surface area contributed by atoms with E-state index >= 15 is 0 Å². The average molecular weight is 687 g/mol. The van der Waals surface area contributed by atoms with Gasteiger partial charge < -0.3 is 42.4 Å². The highest BCUT2D eigenvalue weighted by Gasteiger charge is 2.27. The zero-order valence-corrected chi connectivity index (χ0v) is 28.5. The highest BCUT2D eigenvalue weighted by atomic mass is 16.5. The monoisotopic (exact) mass is 686 g/mol. The van der Waals surface area contributed by atoms with Crippen LogP contribution >= 0.6 is 0 Å². The van der Waals surface area contributed by atoms with Crippen molar-refractivity contribution in [3.63, 3.8) is 0 Å². The third-order valence-corrected chi connectivity index (χ3v) is 7.50. The second kappa shape index (κ2) is 21.9. The number of carbonyl (C=O) groups is 7. The summed E-state index contributed by atoms with van der Waals surface area (Å²) < 4.78 is 5.39. The third kappa shape index (κ3) is 15.7. The van der Waals surface area contributed by atoms with Gasteiger partial charge in [-0.1, -0.05) is 32.9 Å². The van der Waals surface area contributed by atoms with Gasteiger partial charge in [0.15, 0.2) is 0 Å². The fourth-order valence-electron chi connectivity index (χ4n) is 4.73. The first-order chi connectivity index (χ1) is 23.4. The Kier molecular flexibility index (Phi) is 18.1. The van der Waals surface area contributed by atoms with Crippen molar-refractivity contribution in [3.05, 3.63) is 42.0 Å². The van der Waals surface area contributed by atoms with Crippen molar-refractivity contribution < 1.29 is 38.3 Å². The van der Waals surface area contributed by atoms with Crippen LogP contribution in [0.15, 0.2) is 36.4 Å². The Bertz CT molecular complexity index is 1300. The van der Waals surface area contributed by atoms with E-state index in [0.29, 0.717) is 18.7 Å². The van der Waals surface area contributed by atoms with Gasteiger partial charge >= 0.3 is 6.03 Å². The zero-order valence-electron chi connectivity index (χ0n) is 28.5. The summed E-state index contributed by atoms with van der Waals surface area (Å²) in [5, 5.41) is 16.7. The summed E-state index contributed by atoms with van der Waals surface area (Å²) in [6.07, 6.45) is 3.93. The summed E-state index contributed by atoms with van der Waals surface area (Å²) in [5.41, 5.74) is 6.86. The molecular formula is C33H50N8O8. The molecule has 8 N–H and O–H groups in total. The van der Waals surface area contributed by atoms with Crippen LogP contribution in [0.1, 0.15) is 52.0 Å². The smallest absolute Gasteiger partial charge is 0.312 e. The lowest BCUT2D eigenvalue weighted by Gasteiger charge is -2.25. The SMILES string of the molecule is CCc1ccc(NC(=O)[C@H](CCCNC(N)=O)NC(=O)[C@@H](NCCNC(=O)CCOCCNC(=O)CCN2C(=O)C=CC2=O)C(C)C)cc1. The number of hydrogen-bond acceptors (Lipinski definition) is 9. The number of urea groups is 1. The van der Waals surface area contributed by atoms with E-state index in [1.165, 1.54) is 0 Å². The van der Waals surface area contributed by atoms with Crippen LogP contribution in [0.5, 0.6) is 0 Å². The highest BCUT2D eigenvalue weighted by molar-refractivity contribution is 6.13. The maximum Gasteiger partial charge on any atom is 0.312 e. The van der Waals surface area contributed by atoms with Crippen LogP contribution in [0, 0.1) is 5.92 Å². The Hall–Kier alpha value is -4.83. The molecule has 0 saturated carbocycles. The summed E-state index contributed by atoms with van der Waals surface area (Å²) in [6.45, 7) is 7.08. The van der Waals surface area contributed by atoms with E-state index < -0.39 is 29.9 Å². The number of rotatable bonds is 23. The molecule has 0 saturated heterocycles. The molecule has 1 aromatic rings. The van der Waals surface area contributed by atoms with E-state index in [1.54, 1.807) is 12.1 Å². The van der Waals surface area contributed by atoms with Crippen LogP contribution in [-0.4, -0.2) is 104 Å². The Labute approximate surface area is 286 Å². The number of anilines is 1. The molecule has 0 bridgehead atoms. The highest BCUT2D eigenvalue weighted by Crippen LogP contribution is 2.12. The summed E-state index contributed by atoms with van der Waals surface area (Å²) in [4.78, 5) is 85.6. The number of imide groups is 1. The van der Waals surface area contributed by atoms with Crippen LogP contribution in [0.4, 0.5) is 10.5 Å². The molecule has 1 aliphatic heterocycles. The summed E-state index contributed by atoms with van der Waals surface area (Å²) >= 11 is 0. The molecule has 0 spiro atoms. The number of amides is 8. The topological polar surface area (TPSA) is 230 Å². The van der Waals surface area contributed by atoms with E-state index in [4.69, 9.17) is 10.5 Å². The van der Waals surface area contributed by atoms with Gasteiger partial charge in [-0.15, -0.1) is 0 Å². The third-order valence-electron chi connectivity index (χ3n) is 7.50. The summed E-state index contributed by atoms with van der Waals surface area (Å²) in [5.74, 6) is -2.35. The number of primary amides is 1. The maximum atomic E-state index is 13.3. The molecule has 0 radical (unpaired) electrons. The Morgan fingerprint density at radius 2 is 1.47 bits per heavy atom. The first kappa shape index (κ1) is 40.3. The van der Waals surface area contributed by atoms with Crippen molar-refractivity contribution in [2.75, 3.05) is 51.3 Å². The number of carbonyl (C=O) groups excluding carboxylic acids is 7. The molecule has 1 aromatic carbocycles. The van der Waals surface area contributed by atoms with Crippen LogP contribution < -0.4 is 37.6 Å². The lowest BCUT2D eigenvalue weighted by Crippen LogP contribution is -2.54. The molecule has 8 amide bonds. The number of benzene rings is 1. The van der Waals surface area contributed by atoms with Crippen molar-refractivity contribution in [1.82, 2.24) is 31.5 Å². The van der Waals surface area contributed by atoms with E-state index in [2.05, 4.69) is 31.9 Å². The predicted octanol–water partition coefficient (Wildman–Crippen LogP) is -0.311. The minimum absolute atomic E-state index is 0.00115. The standard InChI is InChI=1S/C33H50N8O8/c1-4-23-7-9-24(10-8-23)39-31(46)25(6-5-15-38-33(34)48)40-32(47)30(22(2)3)37-17-16-35-27(43)14-20-49-21-18-36-26(42)13-19-41-28(44)11-12-29(41)45/h7-12,22,25,30,37H,4-6,13-21H2,1-3H3,(H,35,43)(H,36,42)(H,39,46)(H,40,47)(H3,34,38,48)/t25-,30-/m0/s1. The molecule has 0 fully saturated rings. The van der Waals surface area contributed by atoms with Crippen molar-refractivity contribution in [2.24, 2.45) is 11.7 Å². The lowest BCUT2D eigenvalue weighted by atomic mass is 10.0. The summed E-state index contributed by atoms with van der Waals surface area (Å²) in [6, 6.07) is 5.25. The maximum absolute atomic E-state index is 13.3. The molecule has 2 rings (SSSR count). The molecule has 16 heteroatoms. The van der Waals surface area contributed by atoms with E-state index in [9.17, 15) is 33.6 Å². The van der Waals surface area contributed by atoms with Crippen molar-refractivity contribution >= 4 is 47.2 Å². The number of nitrogens with two attached hydrogens (primary N) is 1. The Balaban J connectivity index is 1.70. The molecule has 49 heavy (non-hydrogen) atoms. The van der Waals surface area contributed by atoms with Crippen LogP contribution in [0.2, 0.25) is 0 Å². The molecule has 1 heterocycles. The molecule has 0 unspecified atom stereocenters. The van der Waals surface area contributed by atoms with E-state index in [-0.39, 0.29) is 88.2 Å². The lowest BCUT2D eigenvalue weighted by molar-refractivity contribution is -0.137. The fraction of sp³-hybridized carbons (Fsp3) is 0.545. The van der Waals surface area contributed by atoms with Gasteiger partial charge in [-0.2, -0.15) is 0 Å². The van der Waals surface area contributed by atoms with Gasteiger partial charge in [0.1, 0.15) is 6.04 Å². The Morgan fingerprint density at radius 1 is 0.816 bits per heavy atom. The average Bonchev–Trinajstić information content (AvgIpc) is 3.38. The van der Waals surface area contributed by atoms with Crippen molar-refractivity contribution in [1.29, 1.82) is 0 Å². The Morgan fingerprint density at radius 3 is 2.10 bits per heavy atom. The fourth-order valence-corrected chi connectivity index (χ4v) is 4.73. The second-order valence-electron chi connectivity index (χ2n) is 11.7. The molecule has 2 atom stereocenters. The quantitative estimate of drug-likeness (QED) is 0.0591. The van der Waals surface area contributed by atoms with Crippen LogP contribution in [-0.2, 0) is 39.9 Å². The van der Waals surface area contributed by atoms with Crippen molar-refractivity contribution in [2.45, 2.75) is 65.0 Å². The van der Waals surface area contributed by atoms with E-state index in [1.807, 2.05) is 32.9 Å². The van der Waals surface area contributed by atoms with Gasteiger partial charge in [-0.25, -0.2) is 4.79 Å². The molecular weight excluding hydrogens is 636 g/mol. The number of hydrogen-bond donors (Lipinski definition) is 7. The van der Waals surface area contributed by atoms with Gasteiger partial charge in [-0.3, -0.25) is 33.7 Å². The largest absolute Gasteiger partial charge is 0.379 e. The molecule has 0 aromatic heterocycles. The number of ether oxygens (including phenoxy) is 1. The molecule has 1 aliphatic rings. The normalized spacial score (nSPS) is 13.6. The molecule has 16 nitrogen and oxygen atoms in total. The minimum atomic E-state index is -0.868. The predicted molar refractivity (Wildman–Crippen MR) is 182 cm³/mol. The van der Waals surface area contributed by atoms with Crippen LogP contribution in [0.3, 0.4) is 0 Å². The van der Waals surface area contributed by atoms with Crippen molar-refractivity contribution in [3.8, 4) is 0 Å². The minimum Gasteiger partial charge on any atom is -0.379 e. The van der Waals surface area contributed by atoms with Gasteiger partial charge in [0.05, 0.1) is 19.3 Å². The number of aryl methyl sites for hydroxylation is 1. The van der Waals surface area contributed by atoms with E-state index in [0.717, 1.165) is 29.0 Å². The van der Waals surface area contributed by atoms with Gasteiger partial charge in [0, 0.05) is 63.4 Å². The summed E-state index contributed by atoms with van der Waals surface area (Å²) in [7, 11) is 0.